The molecule has 1 heterocycles. The molecule has 7 nitrogen and oxygen atoms in total. The third kappa shape index (κ3) is 5.03. The molecule has 0 radical (unpaired) electrons. The van der Waals surface area contributed by atoms with Crippen molar-refractivity contribution >= 4 is 33.2 Å². The average Bonchev–Trinajstić information content (AvgIpc) is 3.13. The highest BCUT2D eigenvalue weighted by Crippen LogP contribution is 2.30. The van der Waals surface area contributed by atoms with Gasteiger partial charge in [0.25, 0.3) is 0 Å². The van der Waals surface area contributed by atoms with Crippen molar-refractivity contribution in [3.05, 3.63) is 65.4 Å². The minimum absolute atomic E-state index is 0.0628. The number of sulfonamides is 1. The van der Waals surface area contributed by atoms with Crippen molar-refractivity contribution in [1.82, 2.24) is 9.78 Å². The van der Waals surface area contributed by atoms with E-state index >= 15 is 0 Å². The number of primary sulfonamides is 1. The van der Waals surface area contributed by atoms with Gasteiger partial charge in [0.2, 0.25) is 15.9 Å². The largest absolute Gasteiger partial charge is 0.326 e. The Bertz CT molecular complexity index is 1160. The molecule has 1 amide bonds. The van der Waals surface area contributed by atoms with Crippen LogP contribution in [-0.4, -0.2) is 24.1 Å². The van der Waals surface area contributed by atoms with Gasteiger partial charge in [0.05, 0.1) is 17.5 Å². The molecule has 1 aromatic heterocycles. The first kappa shape index (κ1) is 21.0. The van der Waals surface area contributed by atoms with E-state index in [0.717, 1.165) is 0 Å². The van der Waals surface area contributed by atoms with Crippen LogP contribution in [0.25, 0.3) is 11.1 Å². The maximum atomic E-state index is 12.4. The number of hydrogen-bond acceptors (Lipinski definition) is 4. The fourth-order valence-electron chi connectivity index (χ4n) is 2.85. The van der Waals surface area contributed by atoms with Crippen LogP contribution in [0, 0.1) is 0 Å². The number of nitrogens with one attached hydrogen (secondary N) is 1. The second-order valence-electron chi connectivity index (χ2n) is 6.88. The summed E-state index contributed by atoms with van der Waals surface area (Å²) in [6.07, 6.45) is 3.40. The van der Waals surface area contributed by atoms with Gasteiger partial charge in [0.15, 0.2) is 0 Å². The summed E-state index contributed by atoms with van der Waals surface area (Å²) in [4.78, 5) is 12.3. The molecule has 0 atom stereocenters. The molecule has 152 valence electrons. The summed E-state index contributed by atoms with van der Waals surface area (Å²) >= 11 is 6.09. The minimum Gasteiger partial charge on any atom is -0.326 e. The van der Waals surface area contributed by atoms with E-state index in [0.29, 0.717) is 27.4 Å². The van der Waals surface area contributed by atoms with E-state index in [2.05, 4.69) is 10.4 Å². The van der Waals surface area contributed by atoms with Gasteiger partial charge in [-0.05, 0) is 37.6 Å². The number of carbonyl (C=O) groups excluding carboxylic acids is 1. The smallest absolute Gasteiger partial charge is 0.238 e. The van der Waals surface area contributed by atoms with Crippen LogP contribution in [-0.2, 0) is 21.2 Å². The lowest BCUT2D eigenvalue weighted by Gasteiger charge is -2.11. The molecule has 0 fully saturated rings. The van der Waals surface area contributed by atoms with Gasteiger partial charge < -0.3 is 5.32 Å². The highest BCUT2D eigenvalue weighted by Gasteiger charge is 2.18. The number of nitrogens with zero attached hydrogens (tertiary/aromatic N) is 2. The number of aromatic nitrogens is 2. The SMILES string of the molecule is CC(C)n1cc(-c2ccc(NC(=O)Cc3ccccc3Cl)cc2S(N)(=O)=O)cn1. The summed E-state index contributed by atoms with van der Waals surface area (Å²) in [6.45, 7) is 3.93. The third-order valence-corrected chi connectivity index (χ3v) is 5.64. The first-order valence-corrected chi connectivity index (χ1v) is 10.8. The summed E-state index contributed by atoms with van der Waals surface area (Å²) in [5.74, 6) is -0.321. The lowest BCUT2D eigenvalue weighted by molar-refractivity contribution is -0.115. The maximum Gasteiger partial charge on any atom is 0.238 e. The van der Waals surface area contributed by atoms with Gasteiger partial charge in [0, 0.05) is 34.1 Å². The van der Waals surface area contributed by atoms with Crippen LogP contribution in [0.1, 0.15) is 25.5 Å². The van der Waals surface area contributed by atoms with E-state index in [9.17, 15) is 13.2 Å². The van der Waals surface area contributed by atoms with Crippen LogP contribution in [0.15, 0.2) is 59.8 Å². The Kier molecular flexibility index (Phi) is 6.07. The monoisotopic (exact) mass is 432 g/mol. The maximum absolute atomic E-state index is 12.4. The van der Waals surface area contributed by atoms with Gasteiger partial charge in [-0.15, -0.1) is 0 Å². The summed E-state index contributed by atoms with van der Waals surface area (Å²) in [6, 6.07) is 11.7. The van der Waals surface area contributed by atoms with E-state index in [-0.39, 0.29) is 23.3 Å². The van der Waals surface area contributed by atoms with Crippen molar-refractivity contribution in [3.8, 4) is 11.1 Å². The zero-order chi connectivity index (χ0) is 21.2. The van der Waals surface area contributed by atoms with Crippen molar-refractivity contribution in [1.29, 1.82) is 0 Å². The fourth-order valence-corrected chi connectivity index (χ4v) is 3.84. The number of amides is 1. The number of benzene rings is 2. The standard InChI is InChI=1S/C20H21ClN4O3S/c1-13(2)25-12-15(11-23-25)17-8-7-16(10-19(17)29(22,27)28)24-20(26)9-14-5-3-4-6-18(14)21/h3-8,10-13H,9H2,1-2H3,(H,24,26)(H2,22,27,28). The van der Waals surface area contributed by atoms with Gasteiger partial charge in [-0.1, -0.05) is 35.9 Å². The average molecular weight is 433 g/mol. The number of halogens is 1. The van der Waals surface area contributed by atoms with Gasteiger partial charge in [-0.25, -0.2) is 13.6 Å². The van der Waals surface area contributed by atoms with Crippen LogP contribution in [0.5, 0.6) is 0 Å². The van der Waals surface area contributed by atoms with Gasteiger partial charge >= 0.3 is 0 Å². The summed E-state index contributed by atoms with van der Waals surface area (Å²) in [7, 11) is -4.03. The molecule has 0 spiro atoms. The highest BCUT2D eigenvalue weighted by atomic mass is 35.5. The molecule has 0 saturated heterocycles. The number of hydrogen-bond donors (Lipinski definition) is 2. The molecule has 0 bridgehead atoms. The Morgan fingerprint density at radius 2 is 1.97 bits per heavy atom. The molecular formula is C20H21ClN4O3S. The molecule has 2 aromatic carbocycles. The molecular weight excluding hydrogens is 412 g/mol. The third-order valence-electron chi connectivity index (χ3n) is 4.32. The predicted molar refractivity (Wildman–Crippen MR) is 113 cm³/mol. The molecule has 0 aliphatic carbocycles. The zero-order valence-electron chi connectivity index (χ0n) is 16.0. The molecule has 3 N–H and O–H groups in total. The van der Waals surface area contributed by atoms with E-state index in [4.69, 9.17) is 16.7 Å². The quantitative estimate of drug-likeness (QED) is 0.620. The van der Waals surface area contributed by atoms with E-state index < -0.39 is 10.0 Å². The van der Waals surface area contributed by atoms with Gasteiger partial charge in [-0.3, -0.25) is 9.48 Å². The van der Waals surface area contributed by atoms with Gasteiger partial charge in [0.1, 0.15) is 0 Å². The Morgan fingerprint density at radius 1 is 1.24 bits per heavy atom. The fraction of sp³-hybridized carbons (Fsp3) is 0.200. The lowest BCUT2D eigenvalue weighted by Crippen LogP contribution is -2.17. The van der Waals surface area contributed by atoms with Crippen LogP contribution in [0.4, 0.5) is 5.69 Å². The van der Waals surface area contributed by atoms with E-state index in [1.165, 1.54) is 6.07 Å². The van der Waals surface area contributed by atoms with Gasteiger partial charge in [-0.2, -0.15) is 5.10 Å². The van der Waals surface area contributed by atoms with Crippen LogP contribution < -0.4 is 10.5 Å². The molecule has 0 unspecified atom stereocenters. The Hall–Kier alpha value is -2.68. The van der Waals surface area contributed by atoms with Crippen molar-refractivity contribution in [2.75, 3.05) is 5.32 Å². The van der Waals surface area contributed by atoms with Crippen molar-refractivity contribution in [2.24, 2.45) is 5.14 Å². The molecule has 0 saturated carbocycles. The van der Waals surface area contributed by atoms with Crippen molar-refractivity contribution in [2.45, 2.75) is 31.2 Å². The lowest BCUT2D eigenvalue weighted by atomic mass is 10.1. The Labute approximate surface area is 174 Å². The zero-order valence-corrected chi connectivity index (χ0v) is 17.5. The highest BCUT2D eigenvalue weighted by molar-refractivity contribution is 7.89. The second kappa shape index (κ2) is 8.36. The number of nitrogens with two attached hydrogens (primary N) is 1. The van der Waals surface area contributed by atoms with Crippen molar-refractivity contribution in [3.63, 3.8) is 0 Å². The normalized spacial score (nSPS) is 11.6. The van der Waals surface area contributed by atoms with Crippen molar-refractivity contribution < 1.29 is 13.2 Å². The summed E-state index contributed by atoms with van der Waals surface area (Å²) < 4.78 is 26.0. The summed E-state index contributed by atoms with van der Waals surface area (Å²) in [5, 5.41) is 12.8. The molecule has 0 aliphatic heterocycles. The topological polar surface area (TPSA) is 107 Å². The van der Waals surface area contributed by atoms with Crippen LogP contribution in [0.2, 0.25) is 5.02 Å². The van der Waals surface area contributed by atoms with E-state index in [1.54, 1.807) is 53.5 Å². The first-order valence-electron chi connectivity index (χ1n) is 8.90. The number of carbonyl (C=O) groups is 1. The molecule has 29 heavy (non-hydrogen) atoms. The summed E-state index contributed by atoms with van der Waals surface area (Å²) in [5.41, 5.74) is 2.04. The Morgan fingerprint density at radius 3 is 2.59 bits per heavy atom. The molecule has 9 heteroatoms. The molecule has 0 aliphatic rings. The molecule has 3 rings (SSSR count). The molecule has 3 aromatic rings. The second-order valence-corrected chi connectivity index (χ2v) is 8.81. The minimum atomic E-state index is -4.03. The number of anilines is 1. The van der Waals surface area contributed by atoms with Crippen LogP contribution in [0.3, 0.4) is 0 Å². The number of rotatable bonds is 6. The van der Waals surface area contributed by atoms with E-state index in [1.807, 2.05) is 13.8 Å². The first-order chi connectivity index (χ1) is 13.6. The Balaban J connectivity index is 1.89. The predicted octanol–water partition coefficient (Wildman–Crippen LogP) is 3.61. The van der Waals surface area contributed by atoms with Crippen LogP contribution >= 0.6 is 11.6 Å².